The van der Waals surface area contributed by atoms with Crippen LogP contribution in [-0.4, -0.2) is 41.6 Å². The molecule has 0 aliphatic rings. The third-order valence-corrected chi connectivity index (χ3v) is 6.75. The largest absolute Gasteiger partial charge is 0.494 e. The third-order valence-electron chi connectivity index (χ3n) is 3.80. The number of anilines is 2. The van der Waals surface area contributed by atoms with Gasteiger partial charge in [0.25, 0.3) is 0 Å². The maximum Gasteiger partial charge on any atom is 0.234 e. The number of thiophene rings is 1. The molecule has 2 N–H and O–H groups in total. The Morgan fingerprint density at radius 3 is 2.80 bits per heavy atom. The number of rotatable bonds is 12. The number of thioether (sulfide) groups is 1. The predicted octanol–water partition coefficient (Wildman–Crippen LogP) is 4.78. The van der Waals surface area contributed by atoms with Crippen LogP contribution in [0.2, 0.25) is 0 Å². The molecule has 0 aliphatic carbocycles. The van der Waals surface area contributed by atoms with E-state index in [4.69, 9.17) is 9.47 Å². The first-order chi connectivity index (χ1) is 14.7. The van der Waals surface area contributed by atoms with Gasteiger partial charge in [-0.3, -0.25) is 4.79 Å². The van der Waals surface area contributed by atoms with Gasteiger partial charge in [-0.25, -0.2) is 0 Å². The average molecular weight is 465 g/mol. The zero-order valence-corrected chi connectivity index (χ0v) is 19.3. The number of amides is 1. The molecule has 0 aliphatic heterocycles. The Balaban J connectivity index is 1.48. The summed E-state index contributed by atoms with van der Waals surface area (Å²) in [6, 6.07) is 9.57. The highest BCUT2D eigenvalue weighted by Gasteiger charge is 2.12. The molecule has 1 aromatic carbocycles. The summed E-state index contributed by atoms with van der Waals surface area (Å²) < 4.78 is 11.9. The minimum absolute atomic E-state index is 0.142. The number of carbonyl (C=O) groups excluding carboxylic acids is 1. The molecule has 0 spiro atoms. The van der Waals surface area contributed by atoms with Gasteiger partial charge in [0, 0.05) is 17.5 Å². The molecular weight excluding hydrogens is 440 g/mol. The Labute approximate surface area is 188 Å². The third kappa shape index (κ3) is 6.89. The first kappa shape index (κ1) is 22.4. The molecule has 0 fully saturated rings. The molecule has 30 heavy (non-hydrogen) atoms. The van der Waals surface area contributed by atoms with Gasteiger partial charge in [-0.1, -0.05) is 29.2 Å². The number of hydrogen-bond acceptors (Lipinski definition) is 9. The van der Waals surface area contributed by atoms with E-state index in [2.05, 4.69) is 38.3 Å². The molecule has 2 heterocycles. The zero-order valence-electron chi connectivity index (χ0n) is 16.8. The van der Waals surface area contributed by atoms with E-state index in [1.54, 1.807) is 23.5 Å². The maximum atomic E-state index is 12.4. The minimum atomic E-state index is -0.142. The highest BCUT2D eigenvalue weighted by Crippen LogP contribution is 2.30. The molecule has 2 aromatic heterocycles. The van der Waals surface area contributed by atoms with E-state index in [1.165, 1.54) is 28.0 Å². The number of hydrogen-bond donors (Lipinski definition) is 2. The van der Waals surface area contributed by atoms with E-state index >= 15 is 0 Å². The van der Waals surface area contributed by atoms with Crippen LogP contribution in [0.25, 0.3) is 0 Å². The van der Waals surface area contributed by atoms with Gasteiger partial charge in [-0.05, 0) is 43.8 Å². The number of nitrogens with zero attached hydrogens (tertiary/aromatic N) is 2. The molecule has 10 heteroatoms. The number of ether oxygens (including phenoxy) is 2. The van der Waals surface area contributed by atoms with Crippen molar-refractivity contribution < 1.29 is 14.3 Å². The van der Waals surface area contributed by atoms with E-state index in [-0.39, 0.29) is 11.7 Å². The SMILES string of the molecule is CCOc1ccc(OCC)c(NC(=O)CSc2nnc(NCCc3cccs3)s2)c1. The summed E-state index contributed by atoms with van der Waals surface area (Å²) in [5.74, 6) is 1.39. The van der Waals surface area contributed by atoms with Crippen molar-refractivity contribution in [3.8, 4) is 11.5 Å². The zero-order chi connectivity index (χ0) is 21.2. The van der Waals surface area contributed by atoms with Crippen LogP contribution in [0.5, 0.6) is 11.5 Å². The van der Waals surface area contributed by atoms with Gasteiger partial charge in [0.15, 0.2) is 4.34 Å². The Kier molecular flexibility index (Phi) is 8.79. The first-order valence-corrected chi connectivity index (χ1v) is 12.3. The van der Waals surface area contributed by atoms with Crippen LogP contribution in [-0.2, 0) is 11.2 Å². The van der Waals surface area contributed by atoms with Crippen molar-refractivity contribution in [2.75, 3.05) is 36.1 Å². The number of nitrogens with one attached hydrogen (secondary N) is 2. The first-order valence-electron chi connectivity index (χ1n) is 9.60. The second-order valence-electron chi connectivity index (χ2n) is 5.99. The van der Waals surface area contributed by atoms with Crippen molar-refractivity contribution in [2.45, 2.75) is 24.6 Å². The van der Waals surface area contributed by atoms with Gasteiger partial charge >= 0.3 is 0 Å². The van der Waals surface area contributed by atoms with Gasteiger partial charge in [0.2, 0.25) is 11.0 Å². The fourth-order valence-corrected chi connectivity index (χ4v) is 4.83. The van der Waals surface area contributed by atoms with Crippen LogP contribution in [0.1, 0.15) is 18.7 Å². The fraction of sp³-hybridized carbons (Fsp3) is 0.350. The summed E-state index contributed by atoms with van der Waals surface area (Å²) in [4.78, 5) is 13.8. The topological polar surface area (TPSA) is 85.4 Å². The van der Waals surface area contributed by atoms with Crippen molar-refractivity contribution in [3.63, 3.8) is 0 Å². The molecular formula is C20H24N4O3S3. The van der Waals surface area contributed by atoms with E-state index in [9.17, 15) is 4.79 Å². The molecule has 7 nitrogen and oxygen atoms in total. The summed E-state index contributed by atoms with van der Waals surface area (Å²) in [7, 11) is 0. The lowest BCUT2D eigenvalue weighted by Crippen LogP contribution is -2.15. The van der Waals surface area contributed by atoms with Crippen molar-refractivity contribution in [2.24, 2.45) is 0 Å². The molecule has 1 amide bonds. The lowest BCUT2D eigenvalue weighted by molar-refractivity contribution is -0.113. The molecule has 0 bridgehead atoms. The molecule has 3 aromatic rings. The highest BCUT2D eigenvalue weighted by molar-refractivity contribution is 8.01. The van der Waals surface area contributed by atoms with Crippen molar-refractivity contribution >= 4 is 51.2 Å². The monoisotopic (exact) mass is 464 g/mol. The standard InChI is InChI=1S/C20H24N4O3S3/c1-3-26-14-7-8-17(27-4-2)16(12-14)22-18(25)13-29-20-24-23-19(30-20)21-10-9-15-6-5-11-28-15/h5-8,11-12H,3-4,9-10,13H2,1-2H3,(H,21,23)(H,22,25). The Morgan fingerprint density at radius 1 is 1.17 bits per heavy atom. The van der Waals surface area contributed by atoms with E-state index in [0.29, 0.717) is 30.4 Å². The average Bonchev–Trinajstić information content (AvgIpc) is 3.41. The molecule has 0 radical (unpaired) electrons. The van der Waals surface area contributed by atoms with Crippen LogP contribution in [0.4, 0.5) is 10.8 Å². The molecule has 0 unspecified atom stereocenters. The van der Waals surface area contributed by atoms with E-state index in [1.807, 2.05) is 19.9 Å². The molecule has 3 rings (SSSR count). The van der Waals surface area contributed by atoms with Crippen molar-refractivity contribution in [3.05, 3.63) is 40.6 Å². The van der Waals surface area contributed by atoms with Crippen LogP contribution in [0.15, 0.2) is 40.1 Å². The summed E-state index contributed by atoms with van der Waals surface area (Å²) in [6.45, 7) is 5.69. The van der Waals surface area contributed by atoms with E-state index < -0.39 is 0 Å². The number of carbonyl (C=O) groups is 1. The van der Waals surface area contributed by atoms with Crippen LogP contribution in [0.3, 0.4) is 0 Å². The maximum absolute atomic E-state index is 12.4. The van der Waals surface area contributed by atoms with Gasteiger partial charge < -0.3 is 20.1 Å². The van der Waals surface area contributed by atoms with Gasteiger partial charge in [-0.15, -0.1) is 21.5 Å². The lowest BCUT2D eigenvalue weighted by atomic mass is 10.2. The molecule has 160 valence electrons. The van der Waals surface area contributed by atoms with Crippen LogP contribution in [0, 0.1) is 0 Å². The fourth-order valence-electron chi connectivity index (χ4n) is 2.55. The number of benzene rings is 1. The Bertz CT molecular complexity index is 931. The van der Waals surface area contributed by atoms with Crippen LogP contribution < -0.4 is 20.1 Å². The second kappa shape index (κ2) is 11.8. The summed E-state index contributed by atoms with van der Waals surface area (Å²) in [5.41, 5.74) is 0.599. The summed E-state index contributed by atoms with van der Waals surface area (Å²) >= 11 is 4.55. The minimum Gasteiger partial charge on any atom is -0.494 e. The predicted molar refractivity (Wildman–Crippen MR) is 125 cm³/mol. The van der Waals surface area contributed by atoms with Crippen molar-refractivity contribution in [1.82, 2.24) is 10.2 Å². The number of aromatic nitrogens is 2. The van der Waals surface area contributed by atoms with Gasteiger partial charge in [0.1, 0.15) is 11.5 Å². The molecule has 0 saturated heterocycles. The molecule has 0 saturated carbocycles. The Morgan fingerprint density at radius 2 is 2.03 bits per heavy atom. The van der Waals surface area contributed by atoms with E-state index in [0.717, 1.165) is 22.4 Å². The summed E-state index contributed by atoms with van der Waals surface area (Å²) in [6.07, 6.45) is 0.950. The van der Waals surface area contributed by atoms with Crippen molar-refractivity contribution in [1.29, 1.82) is 0 Å². The Hall–Kier alpha value is -2.30. The quantitative estimate of drug-likeness (QED) is 0.373. The van der Waals surface area contributed by atoms with Gasteiger partial charge in [0.05, 0.1) is 24.7 Å². The highest BCUT2D eigenvalue weighted by atomic mass is 32.2. The van der Waals surface area contributed by atoms with Gasteiger partial charge in [-0.2, -0.15) is 0 Å². The molecule has 0 atom stereocenters. The lowest BCUT2D eigenvalue weighted by Gasteiger charge is -2.13. The normalized spacial score (nSPS) is 10.6. The second-order valence-corrected chi connectivity index (χ2v) is 9.22. The van der Waals surface area contributed by atoms with Crippen LogP contribution >= 0.6 is 34.4 Å². The summed E-state index contributed by atoms with van der Waals surface area (Å²) in [5, 5.41) is 17.3. The smallest absolute Gasteiger partial charge is 0.234 e.